The lowest BCUT2D eigenvalue weighted by Gasteiger charge is -2.16. The number of anilines is 1. The number of hydrogen-bond acceptors (Lipinski definition) is 6. The predicted octanol–water partition coefficient (Wildman–Crippen LogP) is 1.38. The van der Waals surface area contributed by atoms with E-state index in [4.69, 9.17) is 10.5 Å². The molecular weight excluding hydrogens is 264 g/mol. The van der Waals surface area contributed by atoms with Gasteiger partial charge in [-0.15, -0.1) is 16.4 Å². The third-order valence-electron chi connectivity index (χ3n) is 2.80. The van der Waals surface area contributed by atoms with Crippen molar-refractivity contribution in [3.8, 4) is 0 Å². The predicted molar refractivity (Wildman–Crippen MR) is 75.3 cm³/mol. The second-order valence-corrected chi connectivity index (χ2v) is 5.17. The fourth-order valence-electron chi connectivity index (χ4n) is 1.75. The van der Waals surface area contributed by atoms with Gasteiger partial charge in [0.05, 0.1) is 11.9 Å². The summed E-state index contributed by atoms with van der Waals surface area (Å²) in [6.45, 7) is 1.26. The molecule has 0 spiro atoms. The van der Waals surface area contributed by atoms with Crippen LogP contribution in [0.5, 0.6) is 0 Å². The van der Waals surface area contributed by atoms with Crippen LogP contribution in [0, 0.1) is 0 Å². The summed E-state index contributed by atoms with van der Waals surface area (Å²) in [6, 6.07) is 1.77. The molecule has 2 rings (SSSR count). The maximum Gasteiger partial charge on any atom is 0.265 e. The summed E-state index contributed by atoms with van der Waals surface area (Å²) in [6.07, 6.45) is 2.37. The Hall–Kier alpha value is -1.73. The second-order valence-electron chi connectivity index (χ2n) is 4.17. The van der Waals surface area contributed by atoms with Crippen LogP contribution in [0.2, 0.25) is 0 Å². The van der Waals surface area contributed by atoms with E-state index < -0.39 is 0 Å². The normalized spacial score (nSPS) is 10.8. The van der Waals surface area contributed by atoms with Gasteiger partial charge in [-0.25, -0.2) is 0 Å². The third kappa shape index (κ3) is 2.82. The number of nitrogen functional groups attached to an aromatic ring is 1. The molecule has 1 amide bonds. The first-order valence-electron chi connectivity index (χ1n) is 5.89. The van der Waals surface area contributed by atoms with E-state index in [0.29, 0.717) is 28.5 Å². The van der Waals surface area contributed by atoms with Gasteiger partial charge in [0.1, 0.15) is 9.71 Å². The average molecular weight is 280 g/mol. The Bertz CT molecular complexity index is 584. The van der Waals surface area contributed by atoms with Crippen molar-refractivity contribution in [3.05, 3.63) is 17.1 Å². The van der Waals surface area contributed by atoms with E-state index in [1.54, 1.807) is 31.3 Å². The highest BCUT2D eigenvalue weighted by Crippen LogP contribution is 2.32. The van der Waals surface area contributed by atoms with Gasteiger partial charge in [0.2, 0.25) is 0 Å². The van der Waals surface area contributed by atoms with Crippen LogP contribution in [0.25, 0.3) is 10.2 Å². The first-order valence-corrected chi connectivity index (χ1v) is 6.71. The molecule has 0 aliphatic carbocycles. The molecule has 0 saturated carbocycles. The van der Waals surface area contributed by atoms with Crippen LogP contribution >= 0.6 is 11.3 Å². The van der Waals surface area contributed by atoms with Crippen LogP contribution < -0.4 is 5.73 Å². The van der Waals surface area contributed by atoms with Gasteiger partial charge in [-0.1, -0.05) is 0 Å². The monoisotopic (exact) mass is 280 g/mol. The molecule has 2 N–H and O–H groups in total. The molecule has 6 nitrogen and oxygen atoms in total. The van der Waals surface area contributed by atoms with Crippen LogP contribution in [0.1, 0.15) is 16.1 Å². The maximum atomic E-state index is 12.3. The number of nitrogens with zero attached hydrogens (tertiary/aromatic N) is 3. The molecule has 19 heavy (non-hydrogen) atoms. The Kier molecular flexibility index (Phi) is 4.28. The number of carbonyl (C=O) groups is 1. The fraction of sp³-hybridized carbons (Fsp3) is 0.417. The molecule has 0 aliphatic rings. The van der Waals surface area contributed by atoms with E-state index in [2.05, 4.69) is 10.2 Å². The highest BCUT2D eigenvalue weighted by Gasteiger charge is 2.20. The molecule has 2 aromatic heterocycles. The zero-order chi connectivity index (χ0) is 13.8. The highest BCUT2D eigenvalue weighted by atomic mass is 32.1. The maximum absolute atomic E-state index is 12.3. The molecule has 0 saturated heterocycles. The van der Waals surface area contributed by atoms with Crippen molar-refractivity contribution >= 4 is 33.1 Å². The van der Waals surface area contributed by atoms with E-state index in [0.717, 1.165) is 11.8 Å². The van der Waals surface area contributed by atoms with E-state index in [9.17, 15) is 4.79 Å². The number of carbonyl (C=O) groups excluding carboxylic acids is 1. The summed E-state index contributed by atoms with van der Waals surface area (Å²) in [5.41, 5.74) is 6.49. The van der Waals surface area contributed by atoms with Crippen LogP contribution in [0.4, 0.5) is 5.69 Å². The first-order chi connectivity index (χ1) is 9.15. The number of methoxy groups -OCH3 is 1. The molecule has 0 fully saturated rings. The summed E-state index contributed by atoms with van der Waals surface area (Å²) in [5.74, 6) is -0.0865. The molecule has 0 aliphatic heterocycles. The van der Waals surface area contributed by atoms with Crippen LogP contribution in [0.3, 0.4) is 0 Å². The van der Waals surface area contributed by atoms with Gasteiger partial charge in [0.15, 0.2) is 0 Å². The molecule has 102 valence electrons. The Morgan fingerprint density at radius 2 is 2.37 bits per heavy atom. The minimum atomic E-state index is -0.0865. The van der Waals surface area contributed by atoms with Crippen molar-refractivity contribution in [1.29, 1.82) is 0 Å². The van der Waals surface area contributed by atoms with Gasteiger partial charge in [0, 0.05) is 32.7 Å². The van der Waals surface area contributed by atoms with Gasteiger partial charge >= 0.3 is 0 Å². The van der Waals surface area contributed by atoms with E-state index in [1.165, 1.54) is 11.3 Å². The minimum absolute atomic E-state index is 0.0865. The van der Waals surface area contributed by atoms with Crippen LogP contribution in [0.15, 0.2) is 12.3 Å². The molecule has 2 aromatic rings. The van der Waals surface area contributed by atoms with Gasteiger partial charge in [-0.2, -0.15) is 5.10 Å². The summed E-state index contributed by atoms with van der Waals surface area (Å²) >= 11 is 1.28. The van der Waals surface area contributed by atoms with Crippen molar-refractivity contribution in [2.45, 2.75) is 6.42 Å². The Labute approximate surface area is 115 Å². The summed E-state index contributed by atoms with van der Waals surface area (Å²) in [4.78, 5) is 15.2. The zero-order valence-electron chi connectivity index (χ0n) is 10.9. The van der Waals surface area contributed by atoms with Gasteiger partial charge in [0.25, 0.3) is 5.91 Å². The number of nitrogens with two attached hydrogens (primary N) is 1. The molecule has 0 unspecified atom stereocenters. The number of thiophene rings is 1. The summed E-state index contributed by atoms with van der Waals surface area (Å²) in [5, 5.41) is 8.56. The van der Waals surface area contributed by atoms with Crippen LogP contribution in [-0.2, 0) is 4.74 Å². The highest BCUT2D eigenvalue weighted by molar-refractivity contribution is 7.21. The molecule has 0 aromatic carbocycles. The molecule has 0 radical (unpaired) electrons. The Morgan fingerprint density at radius 3 is 3.05 bits per heavy atom. The van der Waals surface area contributed by atoms with Gasteiger partial charge < -0.3 is 15.4 Å². The lowest BCUT2D eigenvalue weighted by molar-refractivity contribution is 0.0785. The van der Waals surface area contributed by atoms with Gasteiger partial charge in [-0.05, 0) is 12.5 Å². The number of hydrogen-bond donors (Lipinski definition) is 1. The lowest BCUT2D eigenvalue weighted by atomic mass is 10.2. The average Bonchev–Trinajstić information content (AvgIpc) is 2.76. The number of amides is 1. The van der Waals surface area contributed by atoms with Crippen molar-refractivity contribution in [2.75, 3.05) is 33.0 Å². The number of ether oxygens (including phenoxy) is 1. The minimum Gasteiger partial charge on any atom is -0.397 e. The summed E-state index contributed by atoms with van der Waals surface area (Å²) < 4.78 is 4.97. The van der Waals surface area contributed by atoms with Crippen LogP contribution in [-0.4, -0.2) is 48.3 Å². The zero-order valence-corrected chi connectivity index (χ0v) is 11.7. The molecule has 2 heterocycles. The SMILES string of the molecule is COCCCN(C)C(=O)c1sc2nnccc2c1N. The Morgan fingerprint density at radius 1 is 1.58 bits per heavy atom. The molecule has 0 atom stereocenters. The molecule has 7 heteroatoms. The smallest absolute Gasteiger partial charge is 0.265 e. The van der Waals surface area contributed by atoms with Gasteiger partial charge in [-0.3, -0.25) is 4.79 Å². The van der Waals surface area contributed by atoms with Crippen molar-refractivity contribution < 1.29 is 9.53 Å². The topological polar surface area (TPSA) is 81.3 Å². The molecule has 0 bridgehead atoms. The fourth-order valence-corrected chi connectivity index (χ4v) is 2.79. The second kappa shape index (κ2) is 5.94. The number of rotatable bonds is 5. The number of aromatic nitrogens is 2. The molecular formula is C12H16N4O2S. The number of fused-ring (bicyclic) bond motifs is 1. The first kappa shape index (κ1) is 13.7. The van der Waals surface area contributed by atoms with E-state index in [1.807, 2.05) is 0 Å². The van der Waals surface area contributed by atoms with Crippen molar-refractivity contribution in [1.82, 2.24) is 15.1 Å². The summed E-state index contributed by atoms with van der Waals surface area (Å²) in [7, 11) is 3.40. The van der Waals surface area contributed by atoms with E-state index in [-0.39, 0.29) is 5.91 Å². The van der Waals surface area contributed by atoms with E-state index >= 15 is 0 Å². The quantitative estimate of drug-likeness (QED) is 0.837. The third-order valence-corrected chi connectivity index (χ3v) is 3.90. The largest absolute Gasteiger partial charge is 0.397 e. The lowest BCUT2D eigenvalue weighted by Crippen LogP contribution is -2.28. The standard InChI is InChI=1S/C12H16N4O2S/c1-16(6-3-7-18-2)12(17)10-9(13)8-4-5-14-15-11(8)19-10/h4-5H,3,6-7,13H2,1-2H3. The van der Waals surface area contributed by atoms with Crippen molar-refractivity contribution in [2.24, 2.45) is 0 Å². The van der Waals surface area contributed by atoms with Crippen molar-refractivity contribution in [3.63, 3.8) is 0 Å². The Balaban J connectivity index is 2.19.